The van der Waals surface area contributed by atoms with Crippen molar-refractivity contribution in [1.82, 2.24) is 0 Å². The van der Waals surface area contributed by atoms with Crippen LogP contribution < -0.4 is 5.32 Å². The van der Waals surface area contributed by atoms with Crippen LogP contribution in [0.5, 0.6) is 0 Å². The van der Waals surface area contributed by atoms with Crippen molar-refractivity contribution in [3.8, 4) is 0 Å². The number of rotatable bonds is 7. The molecular weight excluding hydrogens is 246 g/mol. The van der Waals surface area contributed by atoms with Crippen LogP contribution in [0.2, 0.25) is 0 Å². The second-order valence-electron chi connectivity index (χ2n) is 4.33. The van der Waals surface area contributed by atoms with E-state index >= 15 is 0 Å². The van der Waals surface area contributed by atoms with Crippen molar-refractivity contribution in [2.45, 2.75) is 31.4 Å². The largest absolute Gasteiger partial charge is 0.478 e. The van der Waals surface area contributed by atoms with Gasteiger partial charge in [0.15, 0.2) is 0 Å². The van der Waals surface area contributed by atoms with Gasteiger partial charge in [-0.3, -0.25) is 0 Å². The highest BCUT2D eigenvalue weighted by molar-refractivity contribution is 8.00. The number of carboxylic acids is 1. The van der Waals surface area contributed by atoms with Gasteiger partial charge in [-0.25, -0.2) is 4.79 Å². The highest BCUT2D eigenvalue weighted by Gasteiger charge is 2.24. The molecule has 0 aliphatic rings. The fourth-order valence-electron chi connectivity index (χ4n) is 1.85. The summed E-state index contributed by atoms with van der Waals surface area (Å²) in [5.41, 5.74) is 1.29. The van der Waals surface area contributed by atoms with Crippen LogP contribution in [0.3, 0.4) is 0 Å². The minimum atomic E-state index is -0.887. The molecule has 0 saturated carbocycles. The van der Waals surface area contributed by atoms with E-state index in [1.165, 1.54) is 0 Å². The zero-order valence-corrected chi connectivity index (χ0v) is 12.0. The molecule has 0 atom stereocenters. The van der Waals surface area contributed by atoms with Crippen LogP contribution in [0, 0.1) is 0 Å². The van der Waals surface area contributed by atoms with Gasteiger partial charge in [0.25, 0.3) is 0 Å². The minimum absolute atomic E-state index is 0.255. The third-order valence-electron chi connectivity index (χ3n) is 3.47. The zero-order valence-electron chi connectivity index (χ0n) is 11.2. The Kier molecular flexibility index (Phi) is 5.54. The number of hydrogen-bond donors (Lipinski definition) is 2. The molecule has 3 nitrogen and oxygen atoms in total. The Hall–Kier alpha value is -1.16. The minimum Gasteiger partial charge on any atom is -0.478 e. The van der Waals surface area contributed by atoms with Crippen molar-refractivity contribution in [3.63, 3.8) is 0 Å². The molecule has 1 aromatic rings. The van der Waals surface area contributed by atoms with Gasteiger partial charge < -0.3 is 10.4 Å². The molecule has 0 amide bonds. The number of carbonyl (C=O) groups is 1. The Labute approximate surface area is 113 Å². The van der Waals surface area contributed by atoms with Gasteiger partial charge in [-0.1, -0.05) is 13.8 Å². The number of nitrogens with one attached hydrogen (secondary N) is 1. The van der Waals surface area contributed by atoms with Crippen LogP contribution in [-0.2, 0) is 0 Å². The summed E-state index contributed by atoms with van der Waals surface area (Å²) in [5.74, 6) is -0.887. The molecule has 0 aromatic heterocycles. The molecule has 0 aliphatic heterocycles. The number of carboxylic acid groups (broad SMARTS) is 1. The molecule has 0 bridgehead atoms. The monoisotopic (exact) mass is 267 g/mol. The summed E-state index contributed by atoms with van der Waals surface area (Å²) in [7, 11) is 0. The lowest BCUT2D eigenvalue weighted by atomic mass is 10.0. The number of benzene rings is 1. The van der Waals surface area contributed by atoms with Gasteiger partial charge in [0.2, 0.25) is 0 Å². The van der Waals surface area contributed by atoms with E-state index < -0.39 is 5.97 Å². The highest BCUT2D eigenvalue weighted by Crippen LogP contribution is 2.30. The fraction of sp³-hybridized carbons (Fsp3) is 0.500. The van der Waals surface area contributed by atoms with Crippen molar-refractivity contribution in [2.24, 2.45) is 0 Å². The predicted molar refractivity (Wildman–Crippen MR) is 78.7 cm³/mol. The van der Waals surface area contributed by atoms with Crippen LogP contribution in [-0.4, -0.2) is 28.6 Å². The molecule has 0 heterocycles. The van der Waals surface area contributed by atoms with Gasteiger partial charge in [-0.2, -0.15) is 11.8 Å². The van der Waals surface area contributed by atoms with Crippen LogP contribution in [0.4, 0.5) is 5.69 Å². The molecule has 2 N–H and O–H groups in total. The molecule has 18 heavy (non-hydrogen) atoms. The van der Waals surface area contributed by atoms with Crippen molar-refractivity contribution >= 4 is 23.4 Å². The summed E-state index contributed by atoms with van der Waals surface area (Å²) in [6, 6.07) is 6.90. The first kappa shape index (κ1) is 14.9. The molecule has 4 heteroatoms. The smallest absolute Gasteiger partial charge is 0.335 e. The zero-order chi connectivity index (χ0) is 13.6. The van der Waals surface area contributed by atoms with E-state index in [4.69, 9.17) is 5.11 Å². The molecular formula is C14H21NO2S. The number of aromatic carboxylic acids is 1. The van der Waals surface area contributed by atoms with Gasteiger partial charge in [0, 0.05) is 17.0 Å². The highest BCUT2D eigenvalue weighted by atomic mass is 32.2. The van der Waals surface area contributed by atoms with Crippen molar-refractivity contribution < 1.29 is 9.90 Å². The summed E-state index contributed by atoms with van der Waals surface area (Å²) in [5, 5.41) is 12.2. The molecule has 1 rings (SSSR count). The maximum Gasteiger partial charge on any atom is 0.335 e. The van der Waals surface area contributed by atoms with Crippen LogP contribution in [0.15, 0.2) is 24.3 Å². The molecule has 0 aliphatic carbocycles. The van der Waals surface area contributed by atoms with E-state index in [2.05, 4.69) is 25.4 Å². The van der Waals surface area contributed by atoms with Gasteiger partial charge in [-0.15, -0.1) is 0 Å². The van der Waals surface area contributed by atoms with Gasteiger partial charge in [-0.05, 0) is 43.4 Å². The van der Waals surface area contributed by atoms with Crippen LogP contribution in [0.25, 0.3) is 0 Å². The SMILES string of the molecule is CCC(CC)(CNc1ccc(C(=O)O)cc1)SC. The molecule has 0 saturated heterocycles. The van der Waals surface area contributed by atoms with E-state index in [-0.39, 0.29) is 4.75 Å². The normalized spacial score (nSPS) is 11.3. The third kappa shape index (κ3) is 3.67. The third-order valence-corrected chi connectivity index (χ3v) is 5.06. The Bertz CT molecular complexity index is 377. The first-order valence-corrected chi connectivity index (χ1v) is 7.41. The number of thioether (sulfide) groups is 1. The molecule has 0 unspecified atom stereocenters. The lowest BCUT2D eigenvalue weighted by molar-refractivity contribution is 0.0697. The Morgan fingerprint density at radius 2 is 1.83 bits per heavy atom. The number of hydrogen-bond acceptors (Lipinski definition) is 3. The standard InChI is InChI=1S/C14H21NO2S/c1-4-14(5-2,18-3)10-15-12-8-6-11(7-9-12)13(16)17/h6-9,15H,4-5,10H2,1-3H3,(H,16,17). The number of anilines is 1. The average molecular weight is 267 g/mol. The summed E-state index contributed by atoms with van der Waals surface area (Å²) < 4.78 is 0.255. The lowest BCUT2D eigenvalue weighted by Crippen LogP contribution is -2.31. The lowest BCUT2D eigenvalue weighted by Gasteiger charge is -2.30. The van der Waals surface area contributed by atoms with Crippen molar-refractivity contribution in [3.05, 3.63) is 29.8 Å². The maximum atomic E-state index is 10.7. The second kappa shape index (κ2) is 6.69. The molecule has 0 radical (unpaired) electrons. The maximum absolute atomic E-state index is 10.7. The quantitative estimate of drug-likeness (QED) is 0.790. The molecule has 0 fully saturated rings. The summed E-state index contributed by atoms with van der Waals surface area (Å²) in [6.07, 6.45) is 4.37. The molecule has 0 spiro atoms. The Morgan fingerprint density at radius 3 is 2.22 bits per heavy atom. The van der Waals surface area contributed by atoms with E-state index in [1.54, 1.807) is 12.1 Å². The molecule has 1 aromatic carbocycles. The first-order chi connectivity index (χ1) is 8.56. The fourth-order valence-corrected chi connectivity index (χ4v) is 2.65. The van der Waals surface area contributed by atoms with E-state index in [0.717, 1.165) is 25.1 Å². The molecule has 100 valence electrons. The first-order valence-electron chi connectivity index (χ1n) is 6.19. The van der Waals surface area contributed by atoms with Crippen LogP contribution in [0.1, 0.15) is 37.0 Å². The van der Waals surface area contributed by atoms with E-state index in [1.807, 2.05) is 23.9 Å². The predicted octanol–water partition coefficient (Wildman–Crippen LogP) is 3.72. The Balaban J connectivity index is 2.65. The van der Waals surface area contributed by atoms with E-state index in [9.17, 15) is 4.79 Å². The van der Waals surface area contributed by atoms with Crippen molar-refractivity contribution in [2.75, 3.05) is 18.1 Å². The second-order valence-corrected chi connectivity index (χ2v) is 5.60. The average Bonchev–Trinajstić information content (AvgIpc) is 2.41. The topological polar surface area (TPSA) is 49.3 Å². The van der Waals surface area contributed by atoms with Crippen molar-refractivity contribution in [1.29, 1.82) is 0 Å². The van der Waals surface area contributed by atoms with Gasteiger partial charge >= 0.3 is 5.97 Å². The van der Waals surface area contributed by atoms with Gasteiger partial charge in [0.05, 0.1) is 5.56 Å². The van der Waals surface area contributed by atoms with Crippen LogP contribution >= 0.6 is 11.8 Å². The Morgan fingerprint density at radius 1 is 1.28 bits per heavy atom. The van der Waals surface area contributed by atoms with E-state index in [0.29, 0.717) is 5.56 Å². The summed E-state index contributed by atoms with van der Waals surface area (Å²) in [6.45, 7) is 5.30. The summed E-state index contributed by atoms with van der Waals surface area (Å²) >= 11 is 1.89. The summed E-state index contributed by atoms with van der Waals surface area (Å²) in [4.78, 5) is 10.7. The van der Waals surface area contributed by atoms with Gasteiger partial charge in [0.1, 0.15) is 0 Å².